The largest absolute Gasteiger partial charge is 0.291 e. The average Bonchev–Trinajstić information content (AvgIpc) is 2.30. The molecule has 0 atom stereocenters. The van der Waals surface area contributed by atoms with Crippen molar-refractivity contribution in [2.24, 2.45) is 9.98 Å². The van der Waals surface area contributed by atoms with E-state index in [9.17, 15) is 9.59 Å². The molecule has 0 aromatic heterocycles. The van der Waals surface area contributed by atoms with Crippen LogP contribution in [0.25, 0.3) is 0 Å². The normalized spacial score (nSPS) is 18.6. The molecule has 4 nitrogen and oxygen atoms in total. The second kappa shape index (κ2) is 6.93. The highest BCUT2D eigenvalue weighted by Crippen LogP contribution is 2.29. The molecule has 0 N–H and O–H groups in total. The highest BCUT2D eigenvalue weighted by molar-refractivity contribution is 8.93. The number of hydrogen-bond donors (Lipinski definition) is 0. The van der Waals surface area contributed by atoms with Gasteiger partial charge in [-0.1, -0.05) is 12.2 Å². The predicted octanol–water partition coefficient (Wildman–Crippen LogP) is 2.72. The number of carbonyl (C=O) groups is 2. The third kappa shape index (κ3) is 3.93. The van der Waals surface area contributed by atoms with Crippen LogP contribution in [0.5, 0.6) is 0 Å². The van der Waals surface area contributed by atoms with Gasteiger partial charge >= 0.3 is 0 Å². The third-order valence-electron chi connectivity index (χ3n) is 1.88. The van der Waals surface area contributed by atoms with Crippen molar-refractivity contribution in [1.82, 2.24) is 0 Å². The summed E-state index contributed by atoms with van der Waals surface area (Å²) in [7, 11) is 2.39. The molecule has 7 heteroatoms. The van der Waals surface area contributed by atoms with Crippen LogP contribution in [0.3, 0.4) is 0 Å². The number of nitrogens with zero attached hydrogens (tertiary/aromatic N) is 2. The zero-order chi connectivity index (χ0) is 11.4. The van der Waals surface area contributed by atoms with Gasteiger partial charge in [0.1, 0.15) is 0 Å². The Morgan fingerprint density at radius 1 is 0.882 bits per heavy atom. The maximum atomic E-state index is 11.4. The van der Waals surface area contributed by atoms with E-state index in [0.29, 0.717) is 22.9 Å². The molecule has 0 spiro atoms. The van der Waals surface area contributed by atoms with E-state index in [1.807, 2.05) is 0 Å². The first-order chi connectivity index (χ1) is 7.77. The number of allylic oxidation sites excluding steroid dienone is 2. The fraction of sp³-hybridized carbons (Fsp3) is 0.200. The second-order valence-corrected chi connectivity index (χ2v) is 5.17. The summed E-state index contributed by atoms with van der Waals surface area (Å²) in [4.78, 5) is 30.7. The maximum Gasteiger partial charge on any atom is 0.192 e. The summed E-state index contributed by atoms with van der Waals surface area (Å²) in [5.74, 6) is -0.0289. The summed E-state index contributed by atoms with van der Waals surface area (Å²) in [6.07, 6.45) is 7.40. The van der Waals surface area contributed by atoms with Crippen LogP contribution in [-0.2, 0) is 9.59 Å². The fourth-order valence-electron chi connectivity index (χ4n) is 1.09. The molecule has 90 valence electrons. The minimum Gasteiger partial charge on any atom is -0.291 e. The van der Waals surface area contributed by atoms with E-state index in [-0.39, 0.29) is 28.5 Å². The summed E-state index contributed by atoms with van der Waals surface area (Å²) >= 11 is 0. The van der Waals surface area contributed by atoms with Gasteiger partial charge in [0.15, 0.2) is 21.7 Å². The zero-order valence-corrected chi connectivity index (χ0v) is 12.0. The molecule has 0 aliphatic carbocycles. The molecule has 0 unspecified atom stereocenters. The van der Waals surface area contributed by atoms with Gasteiger partial charge in [0.2, 0.25) is 0 Å². The van der Waals surface area contributed by atoms with Crippen LogP contribution >= 0.6 is 38.6 Å². The summed E-state index contributed by atoms with van der Waals surface area (Å²) in [5, 5.41) is 0.857. The molecule has 2 aliphatic heterocycles. The van der Waals surface area contributed by atoms with E-state index in [0.717, 1.165) is 0 Å². The van der Waals surface area contributed by atoms with Gasteiger partial charge < -0.3 is 0 Å². The first kappa shape index (κ1) is 14.4. The second-order valence-electron chi connectivity index (χ2n) is 3.06. The molecule has 2 heterocycles. The Morgan fingerprint density at radius 3 is 1.65 bits per heavy atom. The Hall–Kier alpha value is -0.660. The van der Waals surface area contributed by atoms with Gasteiger partial charge in [-0.2, -0.15) is 0 Å². The summed E-state index contributed by atoms with van der Waals surface area (Å²) in [6.45, 7) is 0. The molecule has 0 bridgehead atoms. The molecule has 2 rings (SSSR count). The van der Waals surface area contributed by atoms with Crippen molar-refractivity contribution in [2.75, 3.05) is 0 Å². The molecular formula is C10H9BrN2O2S2. The molecule has 0 aromatic carbocycles. The molecule has 0 radical (unpaired) electrons. The van der Waals surface area contributed by atoms with Gasteiger partial charge in [0.05, 0.1) is 0 Å². The lowest BCUT2D eigenvalue weighted by Crippen LogP contribution is -2.13. The van der Waals surface area contributed by atoms with Crippen LogP contribution in [0, 0.1) is 0 Å². The minimum absolute atomic E-state index is 0. The average molecular weight is 333 g/mol. The Bertz CT molecular complexity index is 413. The van der Waals surface area contributed by atoms with Gasteiger partial charge in [-0.05, 0) is 21.6 Å². The zero-order valence-electron chi connectivity index (χ0n) is 8.66. The molecule has 17 heavy (non-hydrogen) atoms. The van der Waals surface area contributed by atoms with Crippen molar-refractivity contribution < 1.29 is 9.59 Å². The minimum atomic E-state index is -0.0144. The van der Waals surface area contributed by atoms with E-state index < -0.39 is 0 Å². The molecular weight excluding hydrogens is 324 g/mol. The van der Waals surface area contributed by atoms with Gasteiger partial charge in [-0.3, -0.25) is 9.59 Å². The van der Waals surface area contributed by atoms with E-state index in [4.69, 9.17) is 0 Å². The van der Waals surface area contributed by atoms with Crippen LogP contribution in [0.4, 0.5) is 0 Å². The van der Waals surface area contributed by atoms with Gasteiger partial charge in [-0.25, -0.2) is 9.98 Å². The standard InChI is InChI=1S/C10H8N2O2S2.BrH/c13-7-3-1-5-11-9(7)15-16-10-8(14)4-2-6-12-10;/h1-2,5-6H,3-4H2;1H. The van der Waals surface area contributed by atoms with Crippen LogP contribution in [0.1, 0.15) is 12.8 Å². The molecule has 2 aliphatic rings. The van der Waals surface area contributed by atoms with Crippen LogP contribution in [-0.4, -0.2) is 21.7 Å². The molecule has 0 fully saturated rings. The SMILES string of the molecule is Br.O=C1CC=CN=C1SSC1=NC=CCC1=O. The topological polar surface area (TPSA) is 58.9 Å². The van der Waals surface area contributed by atoms with Crippen LogP contribution in [0.15, 0.2) is 34.5 Å². The van der Waals surface area contributed by atoms with E-state index in [1.54, 1.807) is 24.6 Å². The van der Waals surface area contributed by atoms with Crippen molar-refractivity contribution in [2.45, 2.75) is 12.8 Å². The Labute approximate surface area is 117 Å². The van der Waals surface area contributed by atoms with Crippen molar-refractivity contribution in [1.29, 1.82) is 0 Å². The lowest BCUT2D eigenvalue weighted by Gasteiger charge is -2.07. The third-order valence-corrected chi connectivity index (χ3v) is 4.14. The van der Waals surface area contributed by atoms with Gasteiger partial charge in [-0.15, -0.1) is 17.0 Å². The number of halogens is 1. The van der Waals surface area contributed by atoms with Crippen LogP contribution in [0.2, 0.25) is 0 Å². The predicted molar refractivity (Wildman–Crippen MR) is 77.9 cm³/mol. The molecule has 0 amide bonds. The van der Waals surface area contributed by atoms with Crippen LogP contribution < -0.4 is 0 Å². The quantitative estimate of drug-likeness (QED) is 0.640. The highest BCUT2D eigenvalue weighted by Gasteiger charge is 2.18. The van der Waals surface area contributed by atoms with Crippen molar-refractivity contribution in [3.05, 3.63) is 24.6 Å². The van der Waals surface area contributed by atoms with E-state index in [2.05, 4.69) is 9.98 Å². The number of carbonyl (C=O) groups excluding carboxylic acids is 2. The first-order valence-electron chi connectivity index (χ1n) is 4.64. The maximum absolute atomic E-state index is 11.4. The number of aliphatic imine (C=N–C) groups is 2. The molecule has 0 aromatic rings. The fourth-order valence-corrected chi connectivity index (χ4v) is 3.10. The van der Waals surface area contributed by atoms with Crippen molar-refractivity contribution in [3.8, 4) is 0 Å². The number of ketones is 2. The van der Waals surface area contributed by atoms with Gasteiger partial charge in [0.25, 0.3) is 0 Å². The Balaban J connectivity index is 0.00000144. The number of Topliss-reactive ketones (excluding diaryl/α,β-unsaturated/α-hetero) is 2. The lowest BCUT2D eigenvalue weighted by atomic mass is 10.3. The summed E-state index contributed by atoms with van der Waals surface area (Å²) in [6, 6.07) is 0. The Morgan fingerprint density at radius 2 is 1.29 bits per heavy atom. The molecule has 0 saturated heterocycles. The molecule has 0 saturated carbocycles. The summed E-state index contributed by atoms with van der Waals surface area (Å²) in [5.41, 5.74) is 0. The van der Waals surface area contributed by atoms with E-state index in [1.165, 1.54) is 21.6 Å². The monoisotopic (exact) mass is 332 g/mol. The summed E-state index contributed by atoms with van der Waals surface area (Å²) < 4.78 is 0. The van der Waals surface area contributed by atoms with Gasteiger partial charge in [0, 0.05) is 25.2 Å². The number of hydrogen-bond acceptors (Lipinski definition) is 6. The van der Waals surface area contributed by atoms with E-state index >= 15 is 0 Å². The smallest absolute Gasteiger partial charge is 0.192 e. The Kier molecular flexibility index (Phi) is 5.87. The first-order valence-corrected chi connectivity index (χ1v) is 6.79. The van der Waals surface area contributed by atoms with Crippen molar-refractivity contribution >= 4 is 60.2 Å². The highest BCUT2D eigenvalue weighted by atomic mass is 79.9. The van der Waals surface area contributed by atoms with Crippen molar-refractivity contribution in [3.63, 3.8) is 0 Å². The number of rotatable bonds is 0. The lowest BCUT2D eigenvalue weighted by molar-refractivity contribution is -0.112.